The molecule has 0 nitrogen and oxygen atoms in total. The molecule has 0 aromatic rings. The zero-order valence-corrected chi connectivity index (χ0v) is 6.92. The molecule has 0 aromatic heterocycles. The van der Waals surface area contributed by atoms with Crippen molar-refractivity contribution in [3.63, 3.8) is 0 Å². The molecule has 0 saturated carbocycles. The van der Waals surface area contributed by atoms with Crippen molar-refractivity contribution in [1.29, 1.82) is 0 Å². The lowest BCUT2D eigenvalue weighted by Gasteiger charge is -1.87. The molecule has 1 rings (SSSR count). The van der Waals surface area contributed by atoms with Crippen LogP contribution in [0.5, 0.6) is 0 Å². The van der Waals surface area contributed by atoms with Crippen LogP contribution < -0.4 is 0 Å². The molecular formula is C11H15. The highest BCUT2D eigenvalue weighted by Gasteiger charge is 1.82. The topological polar surface area (TPSA) is 0 Å². The summed E-state index contributed by atoms with van der Waals surface area (Å²) in [6.07, 6.45) is 20.0. The second-order valence-corrected chi connectivity index (χ2v) is 2.72. The second-order valence-electron chi connectivity index (χ2n) is 2.72. The van der Waals surface area contributed by atoms with E-state index in [9.17, 15) is 0 Å². The van der Waals surface area contributed by atoms with E-state index >= 15 is 0 Å². The van der Waals surface area contributed by atoms with E-state index in [1.165, 1.54) is 19.3 Å². The van der Waals surface area contributed by atoms with E-state index in [0.717, 1.165) is 12.8 Å². The third-order valence-electron chi connectivity index (χ3n) is 1.70. The zero-order chi connectivity index (χ0) is 7.78. The maximum atomic E-state index is 3.24. The van der Waals surface area contributed by atoms with Crippen LogP contribution in [0.1, 0.15) is 32.1 Å². The molecule has 0 amide bonds. The Morgan fingerprint density at radius 1 is 0.909 bits per heavy atom. The third-order valence-corrected chi connectivity index (χ3v) is 1.70. The maximum absolute atomic E-state index is 3.24. The average molecular weight is 147 g/mol. The van der Waals surface area contributed by atoms with Crippen LogP contribution in [0, 0.1) is 6.08 Å². The molecule has 0 aromatic carbocycles. The molecule has 1 aliphatic carbocycles. The molecule has 0 aliphatic heterocycles. The van der Waals surface area contributed by atoms with E-state index in [1.807, 2.05) is 0 Å². The van der Waals surface area contributed by atoms with Crippen molar-refractivity contribution in [1.82, 2.24) is 0 Å². The van der Waals surface area contributed by atoms with Gasteiger partial charge in [-0.2, -0.15) is 0 Å². The molecule has 0 atom stereocenters. The van der Waals surface area contributed by atoms with Crippen molar-refractivity contribution < 1.29 is 0 Å². The van der Waals surface area contributed by atoms with E-state index in [1.54, 1.807) is 0 Å². The summed E-state index contributed by atoms with van der Waals surface area (Å²) in [6.45, 7) is 0. The first kappa shape index (κ1) is 8.32. The predicted molar refractivity (Wildman–Crippen MR) is 49.2 cm³/mol. The van der Waals surface area contributed by atoms with E-state index in [0.29, 0.717) is 0 Å². The SMILES string of the molecule is [C]1=CCCCC=CCC=CC1. The summed E-state index contributed by atoms with van der Waals surface area (Å²) in [4.78, 5) is 0. The Balaban J connectivity index is 2.34. The average Bonchev–Trinajstić information content (AvgIpc) is 2.08. The number of rotatable bonds is 0. The van der Waals surface area contributed by atoms with Crippen LogP contribution >= 0.6 is 0 Å². The van der Waals surface area contributed by atoms with Crippen molar-refractivity contribution in [2.75, 3.05) is 0 Å². The molecule has 1 radical (unpaired) electrons. The molecule has 0 heterocycles. The van der Waals surface area contributed by atoms with Crippen LogP contribution in [0.2, 0.25) is 0 Å². The van der Waals surface area contributed by atoms with Crippen LogP contribution in [0.15, 0.2) is 30.4 Å². The van der Waals surface area contributed by atoms with Crippen LogP contribution in [-0.2, 0) is 0 Å². The Kier molecular flexibility index (Phi) is 4.51. The van der Waals surface area contributed by atoms with Crippen molar-refractivity contribution in [2.45, 2.75) is 32.1 Å². The molecule has 0 unspecified atom stereocenters. The highest BCUT2D eigenvalue weighted by Crippen LogP contribution is 2.01. The smallest absolute Gasteiger partial charge is 0.00978 e. The molecular weight excluding hydrogens is 132 g/mol. The minimum Gasteiger partial charge on any atom is -0.0882 e. The molecule has 0 fully saturated rings. The van der Waals surface area contributed by atoms with Crippen LogP contribution in [0.3, 0.4) is 0 Å². The summed E-state index contributed by atoms with van der Waals surface area (Å²) in [5.74, 6) is 0. The minimum absolute atomic E-state index is 0.980. The van der Waals surface area contributed by atoms with Crippen molar-refractivity contribution >= 4 is 0 Å². The summed E-state index contributed by atoms with van der Waals surface area (Å²) < 4.78 is 0. The number of hydrogen-bond donors (Lipinski definition) is 0. The highest BCUT2D eigenvalue weighted by molar-refractivity contribution is 4.96. The highest BCUT2D eigenvalue weighted by atomic mass is 13.9. The van der Waals surface area contributed by atoms with Gasteiger partial charge in [0, 0.05) is 0 Å². The summed E-state index contributed by atoms with van der Waals surface area (Å²) in [5.41, 5.74) is 0. The van der Waals surface area contributed by atoms with Crippen LogP contribution in [-0.4, -0.2) is 0 Å². The lowest BCUT2D eigenvalue weighted by atomic mass is 10.2. The molecule has 11 heavy (non-hydrogen) atoms. The summed E-state index contributed by atoms with van der Waals surface area (Å²) >= 11 is 0. The van der Waals surface area contributed by atoms with Gasteiger partial charge in [-0.3, -0.25) is 0 Å². The van der Waals surface area contributed by atoms with Gasteiger partial charge in [-0.1, -0.05) is 30.4 Å². The van der Waals surface area contributed by atoms with Gasteiger partial charge in [0.2, 0.25) is 0 Å². The van der Waals surface area contributed by atoms with Crippen molar-refractivity contribution in [3.8, 4) is 0 Å². The van der Waals surface area contributed by atoms with Gasteiger partial charge >= 0.3 is 0 Å². The fourth-order valence-corrected chi connectivity index (χ4v) is 1.06. The van der Waals surface area contributed by atoms with Gasteiger partial charge in [-0.15, -0.1) is 0 Å². The molecule has 59 valence electrons. The van der Waals surface area contributed by atoms with Gasteiger partial charge in [0.05, 0.1) is 0 Å². The van der Waals surface area contributed by atoms with Gasteiger partial charge in [-0.25, -0.2) is 0 Å². The Morgan fingerprint density at radius 3 is 2.82 bits per heavy atom. The molecule has 1 aliphatic rings. The lowest BCUT2D eigenvalue weighted by Crippen LogP contribution is -1.68. The molecule has 0 heteroatoms. The Labute approximate surface area is 69.3 Å². The second kappa shape index (κ2) is 5.96. The standard InChI is InChI=1S/C11H15/c1-2-4-6-8-10-11-9-7-5-3-1/h1-2,5,7,10H,3-4,6,8-9H2. The minimum atomic E-state index is 0.980. The van der Waals surface area contributed by atoms with Crippen molar-refractivity contribution in [2.24, 2.45) is 0 Å². The maximum Gasteiger partial charge on any atom is -0.00978 e. The van der Waals surface area contributed by atoms with Gasteiger partial charge in [-0.05, 0) is 38.2 Å². The Bertz CT molecular complexity index is 143. The first-order chi connectivity index (χ1) is 5.50. The van der Waals surface area contributed by atoms with Crippen molar-refractivity contribution in [3.05, 3.63) is 36.5 Å². The molecule has 0 N–H and O–H groups in total. The van der Waals surface area contributed by atoms with Gasteiger partial charge in [0.1, 0.15) is 0 Å². The zero-order valence-electron chi connectivity index (χ0n) is 6.92. The molecule has 0 spiro atoms. The lowest BCUT2D eigenvalue weighted by molar-refractivity contribution is 0.863. The first-order valence-electron chi connectivity index (χ1n) is 4.35. The monoisotopic (exact) mass is 147 g/mol. The fourth-order valence-electron chi connectivity index (χ4n) is 1.06. The van der Waals surface area contributed by atoms with E-state index in [2.05, 4.69) is 36.5 Å². The van der Waals surface area contributed by atoms with E-state index in [-0.39, 0.29) is 0 Å². The first-order valence-corrected chi connectivity index (χ1v) is 4.35. The van der Waals surface area contributed by atoms with Gasteiger partial charge in [0.15, 0.2) is 0 Å². The van der Waals surface area contributed by atoms with Crippen LogP contribution in [0.25, 0.3) is 0 Å². The Morgan fingerprint density at radius 2 is 1.82 bits per heavy atom. The van der Waals surface area contributed by atoms with Gasteiger partial charge < -0.3 is 0 Å². The summed E-state index contributed by atoms with van der Waals surface area (Å²) in [7, 11) is 0. The summed E-state index contributed by atoms with van der Waals surface area (Å²) in [5, 5.41) is 0. The molecule has 0 bridgehead atoms. The van der Waals surface area contributed by atoms with E-state index in [4.69, 9.17) is 0 Å². The number of allylic oxidation sites excluding steroid dienone is 6. The third kappa shape index (κ3) is 4.60. The fraction of sp³-hybridized carbons (Fsp3) is 0.455. The van der Waals surface area contributed by atoms with Crippen LogP contribution in [0.4, 0.5) is 0 Å². The van der Waals surface area contributed by atoms with E-state index < -0.39 is 0 Å². The molecule has 0 saturated heterocycles. The number of hydrogen-bond acceptors (Lipinski definition) is 0. The van der Waals surface area contributed by atoms with Gasteiger partial charge in [0.25, 0.3) is 0 Å². The largest absolute Gasteiger partial charge is 0.0882 e. The normalized spacial score (nSPS) is 19.6. The quantitative estimate of drug-likeness (QED) is 0.460. The summed E-state index contributed by atoms with van der Waals surface area (Å²) in [6, 6.07) is 0. The predicted octanol–water partition coefficient (Wildman–Crippen LogP) is 3.42. The Hall–Kier alpha value is -0.780.